The summed E-state index contributed by atoms with van der Waals surface area (Å²) in [7, 11) is -3.65. The molecule has 2 rings (SSSR count). The van der Waals surface area contributed by atoms with Crippen LogP contribution in [0.25, 0.3) is 0 Å². The maximum Gasteiger partial charge on any atom is 0.238 e. The first kappa shape index (κ1) is 14.4. The lowest BCUT2D eigenvalue weighted by Gasteiger charge is -2.30. The van der Waals surface area contributed by atoms with Gasteiger partial charge in [-0.1, -0.05) is 12.1 Å². The normalized spacial score (nSPS) is 19.3. The predicted octanol–water partition coefficient (Wildman–Crippen LogP) is 0.232. The molecule has 0 aliphatic carbocycles. The van der Waals surface area contributed by atoms with Gasteiger partial charge in [0, 0.05) is 19.1 Å². The van der Waals surface area contributed by atoms with Crippen LogP contribution in [0.2, 0.25) is 0 Å². The monoisotopic (exact) mass is 285 g/mol. The SMILES string of the molecule is CC(NN1CCOCC1)c1cccc(S(N)(=O)=O)c1. The Hall–Kier alpha value is -0.990. The van der Waals surface area contributed by atoms with Gasteiger partial charge in [0.2, 0.25) is 10.0 Å². The van der Waals surface area contributed by atoms with Gasteiger partial charge < -0.3 is 4.74 Å². The summed E-state index contributed by atoms with van der Waals surface area (Å²) < 4.78 is 27.9. The average Bonchev–Trinajstić information content (AvgIpc) is 2.39. The van der Waals surface area contributed by atoms with E-state index < -0.39 is 10.0 Å². The Morgan fingerprint density at radius 3 is 2.68 bits per heavy atom. The fraction of sp³-hybridized carbons (Fsp3) is 0.500. The first-order valence-corrected chi connectivity index (χ1v) is 7.73. The minimum atomic E-state index is -3.65. The Morgan fingerprint density at radius 1 is 1.37 bits per heavy atom. The number of benzene rings is 1. The second kappa shape index (κ2) is 5.98. The van der Waals surface area contributed by atoms with Crippen molar-refractivity contribution in [3.63, 3.8) is 0 Å². The van der Waals surface area contributed by atoms with Gasteiger partial charge in [0.15, 0.2) is 0 Å². The Balaban J connectivity index is 2.08. The van der Waals surface area contributed by atoms with E-state index in [1.165, 1.54) is 6.07 Å². The maximum atomic E-state index is 11.3. The number of nitrogens with two attached hydrogens (primary N) is 1. The number of morpholine rings is 1. The summed E-state index contributed by atoms with van der Waals surface area (Å²) in [6, 6.07) is 6.70. The van der Waals surface area contributed by atoms with E-state index in [0.717, 1.165) is 18.7 Å². The minimum Gasteiger partial charge on any atom is -0.379 e. The van der Waals surface area contributed by atoms with Gasteiger partial charge in [-0.3, -0.25) is 0 Å². The zero-order valence-electron chi connectivity index (χ0n) is 10.9. The van der Waals surface area contributed by atoms with Gasteiger partial charge in [-0.25, -0.2) is 24.0 Å². The van der Waals surface area contributed by atoms with Crippen molar-refractivity contribution in [3.8, 4) is 0 Å². The first-order chi connectivity index (χ1) is 8.97. The van der Waals surface area contributed by atoms with E-state index in [1.54, 1.807) is 12.1 Å². The molecule has 0 amide bonds. The molecule has 1 aromatic carbocycles. The molecule has 0 radical (unpaired) electrons. The van der Waals surface area contributed by atoms with Gasteiger partial charge in [0.1, 0.15) is 0 Å². The van der Waals surface area contributed by atoms with Crippen LogP contribution in [0.15, 0.2) is 29.2 Å². The van der Waals surface area contributed by atoms with Crippen molar-refractivity contribution in [2.75, 3.05) is 26.3 Å². The van der Waals surface area contributed by atoms with Gasteiger partial charge in [-0.05, 0) is 24.6 Å². The molecule has 1 aliphatic heterocycles. The van der Waals surface area contributed by atoms with Gasteiger partial charge in [-0.15, -0.1) is 0 Å². The van der Waals surface area contributed by atoms with Crippen LogP contribution in [0.1, 0.15) is 18.5 Å². The van der Waals surface area contributed by atoms with Crippen molar-refractivity contribution in [3.05, 3.63) is 29.8 Å². The van der Waals surface area contributed by atoms with Crippen molar-refractivity contribution in [1.82, 2.24) is 10.4 Å². The molecule has 0 saturated carbocycles. The molecule has 0 spiro atoms. The lowest BCUT2D eigenvalue weighted by molar-refractivity contribution is 0.00483. The number of ether oxygens (including phenoxy) is 1. The molecule has 0 aromatic heterocycles. The second-order valence-electron chi connectivity index (χ2n) is 4.57. The highest BCUT2D eigenvalue weighted by Crippen LogP contribution is 2.17. The summed E-state index contributed by atoms with van der Waals surface area (Å²) >= 11 is 0. The van der Waals surface area contributed by atoms with Gasteiger partial charge >= 0.3 is 0 Å². The van der Waals surface area contributed by atoms with Crippen molar-refractivity contribution in [2.45, 2.75) is 17.9 Å². The van der Waals surface area contributed by atoms with Gasteiger partial charge in [-0.2, -0.15) is 0 Å². The predicted molar refractivity (Wildman–Crippen MR) is 71.8 cm³/mol. The fourth-order valence-corrected chi connectivity index (χ4v) is 2.57. The quantitative estimate of drug-likeness (QED) is 0.827. The minimum absolute atomic E-state index is 0.0137. The molecule has 6 nitrogen and oxygen atoms in total. The molecule has 3 N–H and O–H groups in total. The van der Waals surface area contributed by atoms with E-state index >= 15 is 0 Å². The molecular formula is C12H19N3O3S. The summed E-state index contributed by atoms with van der Waals surface area (Å²) in [5, 5.41) is 7.22. The summed E-state index contributed by atoms with van der Waals surface area (Å²) in [6.45, 7) is 5.03. The summed E-state index contributed by atoms with van der Waals surface area (Å²) in [5.74, 6) is 0. The molecule has 1 aromatic rings. The average molecular weight is 285 g/mol. The third-order valence-electron chi connectivity index (χ3n) is 3.07. The maximum absolute atomic E-state index is 11.3. The number of hydrogen-bond donors (Lipinski definition) is 2. The summed E-state index contributed by atoms with van der Waals surface area (Å²) in [6.07, 6.45) is 0. The third kappa shape index (κ3) is 3.99. The lowest BCUT2D eigenvalue weighted by atomic mass is 10.1. The number of rotatable bonds is 4. The van der Waals surface area contributed by atoms with Crippen molar-refractivity contribution in [1.29, 1.82) is 0 Å². The first-order valence-electron chi connectivity index (χ1n) is 6.18. The largest absolute Gasteiger partial charge is 0.379 e. The van der Waals surface area contributed by atoms with Crippen molar-refractivity contribution >= 4 is 10.0 Å². The molecule has 1 aliphatic rings. The van der Waals surface area contributed by atoms with Gasteiger partial charge in [0.25, 0.3) is 0 Å². The van der Waals surface area contributed by atoms with E-state index in [1.807, 2.05) is 13.0 Å². The zero-order valence-corrected chi connectivity index (χ0v) is 11.7. The molecule has 1 fully saturated rings. The topological polar surface area (TPSA) is 84.7 Å². The smallest absolute Gasteiger partial charge is 0.238 e. The molecule has 106 valence electrons. The van der Waals surface area contributed by atoms with E-state index in [4.69, 9.17) is 9.88 Å². The van der Waals surface area contributed by atoms with Crippen LogP contribution in [0.3, 0.4) is 0 Å². The Kier molecular flexibility index (Phi) is 4.54. The Morgan fingerprint density at radius 2 is 2.05 bits per heavy atom. The molecule has 1 unspecified atom stereocenters. The molecule has 0 bridgehead atoms. The second-order valence-corrected chi connectivity index (χ2v) is 6.13. The molecule has 1 atom stereocenters. The summed E-state index contributed by atoms with van der Waals surface area (Å²) in [4.78, 5) is 0.139. The van der Waals surface area contributed by atoms with E-state index in [-0.39, 0.29) is 10.9 Å². The van der Waals surface area contributed by atoms with Crippen LogP contribution in [0.4, 0.5) is 0 Å². The number of nitrogens with zero attached hydrogens (tertiary/aromatic N) is 1. The number of hydrogen-bond acceptors (Lipinski definition) is 5. The van der Waals surface area contributed by atoms with Gasteiger partial charge in [0.05, 0.1) is 18.1 Å². The van der Waals surface area contributed by atoms with E-state index in [9.17, 15) is 8.42 Å². The molecule has 7 heteroatoms. The van der Waals surface area contributed by atoms with Crippen molar-refractivity contribution < 1.29 is 13.2 Å². The highest BCUT2D eigenvalue weighted by atomic mass is 32.2. The van der Waals surface area contributed by atoms with E-state index in [0.29, 0.717) is 13.2 Å². The van der Waals surface area contributed by atoms with Crippen LogP contribution in [0, 0.1) is 0 Å². The van der Waals surface area contributed by atoms with Crippen LogP contribution in [-0.2, 0) is 14.8 Å². The molecule has 19 heavy (non-hydrogen) atoms. The standard InChI is InChI=1S/C12H19N3O3S/c1-10(14-15-5-7-18-8-6-15)11-3-2-4-12(9-11)19(13,16)17/h2-4,9-10,14H,5-8H2,1H3,(H2,13,16,17). The summed E-state index contributed by atoms with van der Waals surface area (Å²) in [5.41, 5.74) is 4.22. The van der Waals surface area contributed by atoms with Crippen molar-refractivity contribution in [2.24, 2.45) is 5.14 Å². The third-order valence-corrected chi connectivity index (χ3v) is 3.98. The molecule has 1 saturated heterocycles. The Labute approximate surface area is 113 Å². The fourth-order valence-electron chi connectivity index (χ4n) is 2.00. The molecule has 1 heterocycles. The number of nitrogens with one attached hydrogen (secondary N) is 1. The highest BCUT2D eigenvalue weighted by Gasteiger charge is 2.15. The van der Waals surface area contributed by atoms with Crippen LogP contribution >= 0.6 is 0 Å². The number of sulfonamides is 1. The van der Waals surface area contributed by atoms with Crippen LogP contribution in [0.5, 0.6) is 0 Å². The lowest BCUT2D eigenvalue weighted by Crippen LogP contribution is -2.46. The van der Waals surface area contributed by atoms with Crippen LogP contribution < -0.4 is 10.6 Å². The number of primary sulfonamides is 1. The highest BCUT2D eigenvalue weighted by molar-refractivity contribution is 7.89. The zero-order chi connectivity index (χ0) is 13.9. The Bertz CT molecular complexity index is 527. The number of hydrazine groups is 1. The van der Waals surface area contributed by atoms with Crippen LogP contribution in [-0.4, -0.2) is 39.7 Å². The molecular weight excluding hydrogens is 266 g/mol. The van der Waals surface area contributed by atoms with E-state index in [2.05, 4.69) is 10.4 Å².